The summed E-state index contributed by atoms with van der Waals surface area (Å²) in [6.45, 7) is 0. The molecule has 0 N–H and O–H groups in total. The fourth-order valence-corrected chi connectivity index (χ4v) is 2.56. The Bertz CT molecular complexity index is 557. The van der Waals surface area contributed by atoms with E-state index in [9.17, 15) is 4.79 Å². The first kappa shape index (κ1) is 8.18. The molecule has 1 nitrogen and oxygen atoms in total. The summed E-state index contributed by atoms with van der Waals surface area (Å²) >= 11 is 3.50. The second-order valence-electron chi connectivity index (χ2n) is 3.53. The van der Waals surface area contributed by atoms with Crippen molar-refractivity contribution < 1.29 is 4.79 Å². The van der Waals surface area contributed by atoms with Crippen LogP contribution < -0.4 is 0 Å². The van der Waals surface area contributed by atoms with Gasteiger partial charge in [-0.3, -0.25) is 4.79 Å². The summed E-state index contributed by atoms with van der Waals surface area (Å²) < 4.78 is 1.06. The number of hydrogen-bond acceptors (Lipinski definition) is 1. The standard InChI is InChI=1S/C12H7BrO/c13-10-5-4-9-11(14)6-7-2-1-3-8(10)12(7)9/h1-5H,6H2. The minimum atomic E-state index is 0.240. The van der Waals surface area contributed by atoms with Gasteiger partial charge >= 0.3 is 0 Å². The molecule has 2 aromatic carbocycles. The van der Waals surface area contributed by atoms with Crippen molar-refractivity contribution in [3.05, 3.63) is 45.9 Å². The molecule has 0 heterocycles. The van der Waals surface area contributed by atoms with Gasteiger partial charge in [0, 0.05) is 16.5 Å². The molecule has 14 heavy (non-hydrogen) atoms. The Balaban J connectivity index is 2.59. The Labute approximate surface area is 89.9 Å². The van der Waals surface area contributed by atoms with Gasteiger partial charge in [0.1, 0.15) is 0 Å². The molecule has 0 saturated carbocycles. The van der Waals surface area contributed by atoms with Gasteiger partial charge in [0.05, 0.1) is 0 Å². The van der Waals surface area contributed by atoms with Crippen molar-refractivity contribution in [3.63, 3.8) is 0 Å². The van der Waals surface area contributed by atoms with Gasteiger partial charge < -0.3 is 0 Å². The molecule has 0 saturated heterocycles. The largest absolute Gasteiger partial charge is 0.294 e. The predicted molar refractivity (Wildman–Crippen MR) is 59.7 cm³/mol. The normalized spacial score (nSPS) is 13.9. The number of Topliss-reactive ketones (excluding diaryl/α,β-unsaturated/α-hetero) is 1. The van der Waals surface area contributed by atoms with Crippen LogP contribution in [-0.2, 0) is 6.42 Å². The Morgan fingerprint density at radius 3 is 2.86 bits per heavy atom. The van der Waals surface area contributed by atoms with E-state index in [0.717, 1.165) is 26.4 Å². The van der Waals surface area contributed by atoms with Gasteiger partial charge in [0.2, 0.25) is 0 Å². The summed E-state index contributed by atoms with van der Waals surface area (Å²) in [5.74, 6) is 0.240. The molecule has 68 valence electrons. The average molecular weight is 247 g/mol. The Hall–Kier alpha value is -1.15. The number of carbonyl (C=O) groups excluding carboxylic acids is 1. The van der Waals surface area contributed by atoms with Crippen LogP contribution in [0.25, 0.3) is 10.8 Å². The fourth-order valence-electron chi connectivity index (χ4n) is 2.09. The first-order valence-electron chi connectivity index (χ1n) is 4.50. The van der Waals surface area contributed by atoms with Crippen LogP contribution in [0.5, 0.6) is 0 Å². The Kier molecular flexibility index (Phi) is 1.56. The third-order valence-corrected chi connectivity index (χ3v) is 3.42. The van der Waals surface area contributed by atoms with Gasteiger partial charge in [0.15, 0.2) is 5.78 Å². The Morgan fingerprint density at radius 2 is 2.00 bits per heavy atom. The zero-order chi connectivity index (χ0) is 9.71. The minimum Gasteiger partial charge on any atom is -0.294 e. The molecule has 0 atom stereocenters. The third kappa shape index (κ3) is 0.919. The zero-order valence-electron chi connectivity index (χ0n) is 7.38. The van der Waals surface area contributed by atoms with E-state index in [-0.39, 0.29) is 5.78 Å². The van der Waals surface area contributed by atoms with Gasteiger partial charge in [-0.15, -0.1) is 0 Å². The highest BCUT2D eigenvalue weighted by molar-refractivity contribution is 9.10. The third-order valence-electron chi connectivity index (χ3n) is 2.73. The van der Waals surface area contributed by atoms with E-state index in [0.29, 0.717) is 6.42 Å². The van der Waals surface area contributed by atoms with E-state index in [2.05, 4.69) is 15.9 Å². The summed E-state index contributed by atoms with van der Waals surface area (Å²) in [4.78, 5) is 11.6. The van der Waals surface area contributed by atoms with Crippen LogP contribution in [0.1, 0.15) is 15.9 Å². The van der Waals surface area contributed by atoms with Crippen molar-refractivity contribution in [1.29, 1.82) is 0 Å². The molecule has 0 aromatic heterocycles. The van der Waals surface area contributed by atoms with Gasteiger partial charge in [-0.1, -0.05) is 34.1 Å². The van der Waals surface area contributed by atoms with E-state index in [1.807, 2.05) is 30.3 Å². The minimum absolute atomic E-state index is 0.240. The number of rotatable bonds is 0. The molecule has 1 aliphatic carbocycles. The summed E-state index contributed by atoms with van der Waals surface area (Å²) in [7, 11) is 0. The number of benzene rings is 2. The lowest BCUT2D eigenvalue weighted by molar-refractivity contribution is 0.1000. The van der Waals surface area contributed by atoms with Crippen molar-refractivity contribution in [2.45, 2.75) is 6.42 Å². The van der Waals surface area contributed by atoms with Gasteiger partial charge in [-0.25, -0.2) is 0 Å². The summed E-state index contributed by atoms with van der Waals surface area (Å²) in [6, 6.07) is 9.94. The van der Waals surface area contributed by atoms with E-state index in [4.69, 9.17) is 0 Å². The van der Waals surface area contributed by atoms with Gasteiger partial charge in [-0.2, -0.15) is 0 Å². The molecule has 2 aromatic rings. The highest BCUT2D eigenvalue weighted by Gasteiger charge is 2.21. The molecule has 3 rings (SSSR count). The average Bonchev–Trinajstić information content (AvgIpc) is 2.50. The molecule has 0 unspecified atom stereocenters. The van der Waals surface area contributed by atoms with Gasteiger partial charge in [0.25, 0.3) is 0 Å². The maximum atomic E-state index is 11.6. The van der Waals surface area contributed by atoms with Gasteiger partial charge in [-0.05, 0) is 28.5 Å². The topological polar surface area (TPSA) is 17.1 Å². The lowest BCUT2D eigenvalue weighted by atomic mass is 10.1. The van der Waals surface area contributed by atoms with Crippen molar-refractivity contribution >= 4 is 32.5 Å². The quantitative estimate of drug-likeness (QED) is 0.697. The smallest absolute Gasteiger partial charge is 0.167 e. The second kappa shape index (κ2) is 2.67. The maximum Gasteiger partial charge on any atom is 0.167 e. The van der Waals surface area contributed by atoms with Crippen LogP contribution in [-0.4, -0.2) is 5.78 Å². The summed E-state index contributed by atoms with van der Waals surface area (Å²) in [5.41, 5.74) is 2.03. The van der Waals surface area contributed by atoms with Crippen LogP contribution in [0.2, 0.25) is 0 Å². The molecule has 2 heteroatoms. The van der Waals surface area contributed by atoms with Crippen molar-refractivity contribution in [1.82, 2.24) is 0 Å². The van der Waals surface area contributed by atoms with Crippen molar-refractivity contribution in [2.24, 2.45) is 0 Å². The number of halogens is 1. The molecule has 0 fully saturated rings. The van der Waals surface area contributed by atoms with E-state index < -0.39 is 0 Å². The van der Waals surface area contributed by atoms with Crippen LogP contribution >= 0.6 is 15.9 Å². The molecule has 0 aliphatic heterocycles. The molecular formula is C12H7BrO. The second-order valence-corrected chi connectivity index (χ2v) is 4.39. The Morgan fingerprint density at radius 1 is 1.14 bits per heavy atom. The molecule has 0 radical (unpaired) electrons. The molecule has 1 aliphatic rings. The highest BCUT2D eigenvalue weighted by Crippen LogP contribution is 2.34. The fraction of sp³-hybridized carbons (Fsp3) is 0.0833. The van der Waals surface area contributed by atoms with Crippen LogP contribution in [0.3, 0.4) is 0 Å². The van der Waals surface area contributed by atoms with Crippen LogP contribution in [0.15, 0.2) is 34.8 Å². The molecule has 0 bridgehead atoms. The van der Waals surface area contributed by atoms with Crippen molar-refractivity contribution in [3.8, 4) is 0 Å². The monoisotopic (exact) mass is 246 g/mol. The maximum absolute atomic E-state index is 11.6. The summed E-state index contributed by atoms with van der Waals surface area (Å²) in [6.07, 6.45) is 0.559. The van der Waals surface area contributed by atoms with E-state index in [1.165, 1.54) is 0 Å². The van der Waals surface area contributed by atoms with Crippen molar-refractivity contribution in [2.75, 3.05) is 0 Å². The number of carbonyl (C=O) groups is 1. The molecular weight excluding hydrogens is 240 g/mol. The van der Waals surface area contributed by atoms with E-state index in [1.54, 1.807) is 0 Å². The first-order chi connectivity index (χ1) is 6.77. The molecule has 0 spiro atoms. The molecule has 0 amide bonds. The summed E-state index contributed by atoms with van der Waals surface area (Å²) in [5, 5.41) is 2.28. The van der Waals surface area contributed by atoms with E-state index >= 15 is 0 Å². The lowest BCUT2D eigenvalue weighted by Gasteiger charge is -2.02. The van der Waals surface area contributed by atoms with Crippen LogP contribution in [0.4, 0.5) is 0 Å². The first-order valence-corrected chi connectivity index (χ1v) is 5.30. The number of ketones is 1. The SMILES string of the molecule is O=C1Cc2cccc3c(Br)ccc1c23. The number of hydrogen-bond donors (Lipinski definition) is 0. The zero-order valence-corrected chi connectivity index (χ0v) is 8.97. The predicted octanol–water partition coefficient (Wildman–Crippen LogP) is 3.34. The highest BCUT2D eigenvalue weighted by atomic mass is 79.9. The lowest BCUT2D eigenvalue weighted by Crippen LogP contribution is -1.93. The van der Waals surface area contributed by atoms with Crippen LogP contribution in [0, 0.1) is 0 Å².